The summed E-state index contributed by atoms with van der Waals surface area (Å²) < 4.78 is 13.1. The van der Waals surface area contributed by atoms with Gasteiger partial charge in [0.1, 0.15) is 23.3 Å². The minimum atomic E-state index is -0.511. The number of carbonyl (C=O) groups excluding carboxylic acids is 1. The lowest BCUT2D eigenvalue weighted by atomic mass is 10.1. The molecule has 86 valence electrons. The van der Waals surface area contributed by atoms with Crippen LogP contribution < -0.4 is 5.73 Å². The topological polar surface area (TPSA) is 92.7 Å². The van der Waals surface area contributed by atoms with E-state index in [1.807, 2.05) is 0 Å². The highest BCUT2D eigenvalue weighted by Crippen LogP contribution is 2.35. The van der Waals surface area contributed by atoms with Crippen molar-refractivity contribution in [3.8, 4) is 17.3 Å². The normalized spacial score (nSPS) is 11.9. The molecule has 6 heteroatoms. The third kappa shape index (κ3) is 1.21. The van der Waals surface area contributed by atoms with Crippen molar-refractivity contribution in [2.75, 3.05) is 5.73 Å². The highest BCUT2D eigenvalue weighted by molar-refractivity contribution is 6.19. The Balaban J connectivity index is 2.34. The van der Waals surface area contributed by atoms with E-state index in [-0.39, 0.29) is 22.8 Å². The molecule has 0 saturated heterocycles. The molecule has 18 heavy (non-hydrogen) atoms. The van der Waals surface area contributed by atoms with E-state index in [0.29, 0.717) is 11.3 Å². The van der Waals surface area contributed by atoms with Crippen molar-refractivity contribution in [2.45, 2.75) is 0 Å². The molecule has 0 spiro atoms. The molecule has 0 bridgehead atoms. The van der Waals surface area contributed by atoms with Crippen LogP contribution in [-0.2, 0) is 0 Å². The molecule has 1 heterocycles. The average Bonchev–Trinajstić information content (AvgIpc) is 2.61. The first-order valence-corrected chi connectivity index (χ1v) is 5.04. The van der Waals surface area contributed by atoms with E-state index in [0.717, 1.165) is 6.07 Å². The summed E-state index contributed by atoms with van der Waals surface area (Å²) in [6.45, 7) is 0. The second-order valence-corrected chi connectivity index (χ2v) is 3.79. The summed E-state index contributed by atoms with van der Waals surface area (Å²) >= 11 is 0. The van der Waals surface area contributed by atoms with Gasteiger partial charge < -0.3 is 5.73 Å². The van der Waals surface area contributed by atoms with Gasteiger partial charge in [-0.25, -0.2) is 14.4 Å². The molecular weight excluding hydrogens is 235 g/mol. The predicted molar refractivity (Wildman–Crippen MR) is 60.0 cm³/mol. The minimum Gasteiger partial charge on any atom is -0.381 e. The number of rotatable bonds is 0. The molecule has 0 fully saturated rings. The monoisotopic (exact) mass is 240 g/mol. The summed E-state index contributed by atoms with van der Waals surface area (Å²) in [4.78, 5) is 19.9. The number of nitriles is 1. The van der Waals surface area contributed by atoms with Crippen molar-refractivity contribution in [3.63, 3.8) is 0 Å². The fraction of sp³-hybridized carbons (Fsp3) is 0. The standard InChI is InChI=1S/C12H5FN4O/c13-5-1-2-6-7(3-5)11(18)10-9(6)17-12(15)8(4-14)16-10/h1-3H,(H2,15,17). The summed E-state index contributed by atoms with van der Waals surface area (Å²) in [5.41, 5.74) is 6.47. The van der Waals surface area contributed by atoms with Crippen LogP contribution >= 0.6 is 0 Å². The smallest absolute Gasteiger partial charge is 0.214 e. The molecule has 2 aromatic rings. The fourth-order valence-electron chi connectivity index (χ4n) is 1.92. The molecule has 1 aliphatic rings. The number of fused-ring (bicyclic) bond motifs is 3. The molecule has 5 nitrogen and oxygen atoms in total. The van der Waals surface area contributed by atoms with Crippen LogP contribution in [0.3, 0.4) is 0 Å². The number of aromatic nitrogens is 2. The number of hydrogen-bond donors (Lipinski definition) is 1. The highest BCUT2D eigenvalue weighted by Gasteiger charge is 2.31. The Morgan fingerprint density at radius 2 is 2.00 bits per heavy atom. The molecule has 3 rings (SSSR count). The van der Waals surface area contributed by atoms with Gasteiger partial charge in [-0.2, -0.15) is 5.26 Å². The molecule has 2 N–H and O–H groups in total. The fourth-order valence-corrected chi connectivity index (χ4v) is 1.92. The van der Waals surface area contributed by atoms with Crippen molar-refractivity contribution in [2.24, 2.45) is 0 Å². The number of carbonyl (C=O) groups is 1. The van der Waals surface area contributed by atoms with Crippen LogP contribution in [0, 0.1) is 17.1 Å². The van der Waals surface area contributed by atoms with Gasteiger partial charge in [0.05, 0.1) is 0 Å². The third-order valence-corrected chi connectivity index (χ3v) is 2.73. The van der Waals surface area contributed by atoms with Crippen LogP contribution in [0.15, 0.2) is 18.2 Å². The number of nitrogens with zero attached hydrogens (tertiary/aromatic N) is 3. The number of nitrogens with two attached hydrogens (primary N) is 1. The molecule has 0 aliphatic heterocycles. The van der Waals surface area contributed by atoms with Gasteiger partial charge in [-0.15, -0.1) is 0 Å². The summed E-state index contributed by atoms with van der Waals surface area (Å²) in [5, 5.41) is 8.79. The Morgan fingerprint density at radius 1 is 1.22 bits per heavy atom. The zero-order valence-corrected chi connectivity index (χ0v) is 8.94. The van der Waals surface area contributed by atoms with E-state index in [1.54, 1.807) is 6.07 Å². The molecule has 1 aromatic heterocycles. The lowest BCUT2D eigenvalue weighted by Crippen LogP contribution is -2.05. The van der Waals surface area contributed by atoms with E-state index in [9.17, 15) is 9.18 Å². The Kier molecular flexibility index (Phi) is 1.92. The largest absolute Gasteiger partial charge is 0.381 e. The predicted octanol–water partition coefficient (Wildman–Crippen LogP) is 1.28. The zero-order chi connectivity index (χ0) is 12.9. The van der Waals surface area contributed by atoms with Crippen LogP contribution in [-0.4, -0.2) is 15.8 Å². The van der Waals surface area contributed by atoms with Gasteiger partial charge in [0.25, 0.3) is 0 Å². The number of anilines is 1. The van der Waals surface area contributed by atoms with Crippen LogP contribution in [0.4, 0.5) is 10.2 Å². The molecule has 0 radical (unpaired) electrons. The summed E-state index contributed by atoms with van der Waals surface area (Å²) in [6, 6.07) is 5.57. The molecular formula is C12H5FN4O. The van der Waals surface area contributed by atoms with Crippen molar-refractivity contribution >= 4 is 11.6 Å². The first-order chi connectivity index (χ1) is 8.61. The molecule has 0 amide bonds. The first-order valence-electron chi connectivity index (χ1n) is 5.04. The van der Waals surface area contributed by atoms with Gasteiger partial charge in [-0.3, -0.25) is 4.79 Å². The van der Waals surface area contributed by atoms with Crippen LogP contribution in [0.5, 0.6) is 0 Å². The maximum absolute atomic E-state index is 13.1. The number of benzene rings is 1. The van der Waals surface area contributed by atoms with Crippen LogP contribution in [0.25, 0.3) is 11.3 Å². The van der Waals surface area contributed by atoms with E-state index >= 15 is 0 Å². The summed E-state index contributed by atoms with van der Waals surface area (Å²) in [6.07, 6.45) is 0. The SMILES string of the molecule is N#Cc1nc2c(nc1N)-c1ccc(F)cc1C2=O. The Morgan fingerprint density at radius 3 is 2.72 bits per heavy atom. The van der Waals surface area contributed by atoms with Crippen LogP contribution in [0.2, 0.25) is 0 Å². The summed E-state index contributed by atoms with van der Waals surface area (Å²) in [5.74, 6) is -0.992. The van der Waals surface area contributed by atoms with Crippen molar-refractivity contribution in [1.29, 1.82) is 5.26 Å². The van der Waals surface area contributed by atoms with Gasteiger partial charge >= 0.3 is 0 Å². The number of nitrogen functional groups attached to an aromatic ring is 1. The number of halogens is 1. The second-order valence-electron chi connectivity index (χ2n) is 3.79. The average molecular weight is 240 g/mol. The van der Waals surface area contributed by atoms with Gasteiger partial charge in [0, 0.05) is 11.1 Å². The molecule has 1 aromatic carbocycles. The number of hydrogen-bond acceptors (Lipinski definition) is 5. The first kappa shape index (κ1) is 10.4. The quantitative estimate of drug-likeness (QED) is 0.638. The van der Waals surface area contributed by atoms with E-state index in [2.05, 4.69) is 9.97 Å². The second kappa shape index (κ2) is 3.34. The van der Waals surface area contributed by atoms with Gasteiger partial charge in [-0.1, -0.05) is 0 Å². The minimum absolute atomic E-state index is 0.0405. The van der Waals surface area contributed by atoms with Crippen molar-refractivity contribution < 1.29 is 9.18 Å². The molecule has 0 atom stereocenters. The van der Waals surface area contributed by atoms with Crippen molar-refractivity contribution in [3.05, 3.63) is 41.0 Å². The maximum Gasteiger partial charge on any atom is 0.214 e. The number of ketones is 1. The van der Waals surface area contributed by atoms with Gasteiger partial charge in [-0.05, 0) is 18.2 Å². The lowest BCUT2D eigenvalue weighted by Gasteiger charge is -2.00. The Bertz CT molecular complexity index is 748. The van der Waals surface area contributed by atoms with E-state index in [4.69, 9.17) is 11.0 Å². The zero-order valence-electron chi connectivity index (χ0n) is 8.94. The summed E-state index contributed by atoms with van der Waals surface area (Å²) in [7, 11) is 0. The van der Waals surface area contributed by atoms with Gasteiger partial charge in [0.2, 0.25) is 5.78 Å². The Hall–Kier alpha value is -2.81. The molecule has 0 unspecified atom stereocenters. The maximum atomic E-state index is 13.1. The van der Waals surface area contributed by atoms with Crippen LogP contribution in [0.1, 0.15) is 21.7 Å². The highest BCUT2D eigenvalue weighted by atomic mass is 19.1. The van der Waals surface area contributed by atoms with Gasteiger partial charge in [0.15, 0.2) is 11.5 Å². The van der Waals surface area contributed by atoms with E-state index in [1.165, 1.54) is 12.1 Å². The molecule has 0 saturated carbocycles. The lowest BCUT2D eigenvalue weighted by molar-refractivity contribution is 0.103. The van der Waals surface area contributed by atoms with E-state index < -0.39 is 11.6 Å². The Labute approximate surface area is 101 Å². The third-order valence-electron chi connectivity index (χ3n) is 2.73. The molecule has 1 aliphatic carbocycles. The van der Waals surface area contributed by atoms with Crippen molar-refractivity contribution in [1.82, 2.24) is 9.97 Å².